The molecule has 104 valence electrons. The number of aromatic nitrogens is 1. The van der Waals surface area contributed by atoms with Crippen LogP contribution in [0.2, 0.25) is 0 Å². The van der Waals surface area contributed by atoms with E-state index in [2.05, 4.69) is 28.5 Å². The Morgan fingerprint density at radius 3 is 3.00 bits per heavy atom. The van der Waals surface area contributed by atoms with Crippen molar-refractivity contribution in [3.63, 3.8) is 0 Å². The summed E-state index contributed by atoms with van der Waals surface area (Å²) >= 11 is 0. The van der Waals surface area contributed by atoms with E-state index in [0.717, 1.165) is 30.7 Å². The second-order valence-corrected chi connectivity index (χ2v) is 5.12. The van der Waals surface area contributed by atoms with Gasteiger partial charge >= 0.3 is 0 Å². The third-order valence-electron chi connectivity index (χ3n) is 3.92. The van der Waals surface area contributed by atoms with Gasteiger partial charge in [0.2, 0.25) is 0 Å². The highest BCUT2D eigenvalue weighted by Crippen LogP contribution is 2.36. The van der Waals surface area contributed by atoms with Crippen LogP contribution in [0.15, 0.2) is 42.6 Å². The molecule has 0 saturated carbocycles. The highest BCUT2D eigenvalue weighted by Gasteiger charge is 2.23. The number of hydrogen-bond donors (Lipinski definition) is 1. The van der Waals surface area contributed by atoms with Crippen molar-refractivity contribution in [3.05, 3.63) is 59.4 Å². The van der Waals surface area contributed by atoms with Crippen molar-refractivity contribution in [1.82, 2.24) is 10.3 Å². The quantitative estimate of drug-likeness (QED) is 0.905. The van der Waals surface area contributed by atoms with Gasteiger partial charge in [0, 0.05) is 24.4 Å². The van der Waals surface area contributed by atoms with Crippen molar-refractivity contribution in [1.29, 1.82) is 0 Å². The van der Waals surface area contributed by atoms with Gasteiger partial charge in [0.25, 0.3) is 0 Å². The van der Waals surface area contributed by atoms with Crippen molar-refractivity contribution < 1.29 is 4.74 Å². The summed E-state index contributed by atoms with van der Waals surface area (Å²) in [5, 5.41) is 3.36. The van der Waals surface area contributed by atoms with Crippen LogP contribution >= 0.6 is 0 Å². The molecule has 3 heteroatoms. The minimum atomic E-state index is 0.476. The molecule has 20 heavy (non-hydrogen) atoms. The van der Waals surface area contributed by atoms with Crippen LogP contribution in [0.3, 0.4) is 0 Å². The molecule has 0 saturated heterocycles. The summed E-state index contributed by atoms with van der Waals surface area (Å²) in [6.45, 7) is 0.678. The Kier molecular flexibility index (Phi) is 3.97. The number of ether oxygens (including phenoxy) is 1. The largest absolute Gasteiger partial charge is 0.493 e. The Morgan fingerprint density at radius 1 is 1.25 bits per heavy atom. The molecule has 0 bridgehead atoms. The van der Waals surface area contributed by atoms with E-state index in [4.69, 9.17) is 4.74 Å². The highest BCUT2D eigenvalue weighted by molar-refractivity contribution is 5.45. The number of benzene rings is 1. The molecule has 1 heterocycles. The van der Waals surface area contributed by atoms with Gasteiger partial charge < -0.3 is 10.1 Å². The van der Waals surface area contributed by atoms with E-state index < -0.39 is 0 Å². The normalized spacial score (nSPS) is 16.9. The smallest absolute Gasteiger partial charge is 0.122 e. The summed E-state index contributed by atoms with van der Waals surface area (Å²) < 4.78 is 5.98. The Morgan fingerprint density at radius 2 is 2.20 bits per heavy atom. The first-order valence-corrected chi connectivity index (χ1v) is 7.20. The number of pyridine rings is 1. The van der Waals surface area contributed by atoms with Crippen molar-refractivity contribution in [2.75, 3.05) is 13.7 Å². The molecule has 1 aromatic carbocycles. The zero-order valence-electron chi connectivity index (χ0n) is 11.8. The van der Waals surface area contributed by atoms with Crippen LogP contribution in [0.25, 0.3) is 0 Å². The summed E-state index contributed by atoms with van der Waals surface area (Å²) in [4.78, 5) is 4.32. The van der Waals surface area contributed by atoms with E-state index >= 15 is 0 Å². The SMILES string of the molecule is CNC1CCc2c(OCCc3ccccn3)cccc21. The van der Waals surface area contributed by atoms with Gasteiger partial charge in [-0.05, 0) is 49.2 Å². The summed E-state index contributed by atoms with van der Waals surface area (Å²) in [5.41, 5.74) is 3.84. The average molecular weight is 268 g/mol. The molecule has 1 aromatic heterocycles. The van der Waals surface area contributed by atoms with Gasteiger partial charge in [0.05, 0.1) is 6.61 Å². The van der Waals surface area contributed by atoms with Gasteiger partial charge in [-0.2, -0.15) is 0 Å². The maximum atomic E-state index is 5.98. The minimum absolute atomic E-state index is 0.476. The standard InChI is InChI=1S/C17H20N2O/c1-18-16-9-8-15-14(16)6-4-7-17(15)20-12-10-13-5-2-3-11-19-13/h2-7,11,16,18H,8-10,12H2,1H3. The molecule has 2 aromatic rings. The zero-order valence-corrected chi connectivity index (χ0v) is 11.8. The second kappa shape index (κ2) is 6.06. The third-order valence-corrected chi connectivity index (χ3v) is 3.92. The molecule has 1 aliphatic rings. The molecule has 1 N–H and O–H groups in total. The summed E-state index contributed by atoms with van der Waals surface area (Å²) in [7, 11) is 2.02. The second-order valence-electron chi connectivity index (χ2n) is 5.12. The fourth-order valence-corrected chi connectivity index (χ4v) is 2.87. The van der Waals surface area contributed by atoms with Crippen LogP contribution in [0.5, 0.6) is 5.75 Å². The van der Waals surface area contributed by atoms with Crippen molar-refractivity contribution >= 4 is 0 Å². The molecule has 0 spiro atoms. The van der Waals surface area contributed by atoms with E-state index in [0.29, 0.717) is 12.6 Å². The minimum Gasteiger partial charge on any atom is -0.493 e. The number of fused-ring (bicyclic) bond motifs is 1. The summed E-state index contributed by atoms with van der Waals surface area (Å²) in [6.07, 6.45) is 4.93. The number of nitrogens with zero attached hydrogens (tertiary/aromatic N) is 1. The Hall–Kier alpha value is -1.87. The van der Waals surface area contributed by atoms with Crippen LogP contribution in [0, 0.1) is 0 Å². The van der Waals surface area contributed by atoms with Crippen LogP contribution in [0.4, 0.5) is 0 Å². The third kappa shape index (κ3) is 2.68. The lowest BCUT2D eigenvalue weighted by Gasteiger charge is -2.13. The van der Waals surface area contributed by atoms with Crippen molar-refractivity contribution in [3.8, 4) is 5.75 Å². The first-order chi connectivity index (χ1) is 9.88. The van der Waals surface area contributed by atoms with Crippen molar-refractivity contribution in [2.24, 2.45) is 0 Å². The number of hydrogen-bond acceptors (Lipinski definition) is 3. The molecule has 3 nitrogen and oxygen atoms in total. The monoisotopic (exact) mass is 268 g/mol. The Bertz CT molecular complexity index is 568. The summed E-state index contributed by atoms with van der Waals surface area (Å²) in [5.74, 6) is 1.04. The van der Waals surface area contributed by atoms with E-state index in [1.165, 1.54) is 11.1 Å². The van der Waals surface area contributed by atoms with Crippen LogP contribution in [-0.2, 0) is 12.8 Å². The molecule has 3 rings (SSSR count). The number of nitrogens with one attached hydrogen (secondary N) is 1. The van der Waals surface area contributed by atoms with Crippen LogP contribution in [-0.4, -0.2) is 18.6 Å². The van der Waals surface area contributed by atoms with Gasteiger partial charge in [-0.15, -0.1) is 0 Å². The average Bonchev–Trinajstić information content (AvgIpc) is 2.92. The first kappa shape index (κ1) is 13.1. The molecule has 0 amide bonds. The molecule has 1 atom stereocenters. The molecule has 1 aliphatic carbocycles. The molecule has 1 unspecified atom stereocenters. The van der Waals surface area contributed by atoms with E-state index in [9.17, 15) is 0 Å². The molecule has 0 fully saturated rings. The predicted molar refractivity (Wildman–Crippen MR) is 80.0 cm³/mol. The molecule has 0 aliphatic heterocycles. The Balaban J connectivity index is 1.66. The van der Waals surface area contributed by atoms with E-state index in [-0.39, 0.29) is 0 Å². The fourth-order valence-electron chi connectivity index (χ4n) is 2.87. The molecule has 0 radical (unpaired) electrons. The summed E-state index contributed by atoms with van der Waals surface area (Å²) in [6, 6.07) is 12.8. The lowest BCUT2D eigenvalue weighted by Crippen LogP contribution is -2.12. The number of rotatable bonds is 5. The maximum absolute atomic E-state index is 5.98. The lowest BCUT2D eigenvalue weighted by atomic mass is 10.1. The van der Waals surface area contributed by atoms with E-state index in [1.807, 2.05) is 31.4 Å². The lowest BCUT2D eigenvalue weighted by molar-refractivity contribution is 0.317. The van der Waals surface area contributed by atoms with Gasteiger partial charge in [-0.25, -0.2) is 0 Å². The van der Waals surface area contributed by atoms with Crippen LogP contribution < -0.4 is 10.1 Å². The first-order valence-electron chi connectivity index (χ1n) is 7.20. The topological polar surface area (TPSA) is 34.1 Å². The highest BCUT2D eigenvalue weighted by atomic mass is 16.5. The maximum Gasteiger partial charge on any atom is 0.122 e. The predicted octanol–water partition coefficient (Wildman–Crippen LogP) is 2.91. The van der Waals surface area contributed by atoms with Gasteiger partial charge in [-0.3, -0.25) is 4.98 Å². The van der Waals surface area contributed by atoms with Crippen LogP contribution in [0.1, 0.15) is 29.3 Å². The molecular weight excluding hydrogens is 248 g/mol. The van der Waals surface area contributed by atoms with Gasteiger partial charge in [-0.1, -0.05) is 18.2 Å². The van der Waals surface area contributed by atoms with Gasteiger partial charge in [0.15, 0.2) is 0 Å². The van der Waals surface area contributed by atoms with Gasteiger partial charge in [0.1, 0.15) is 5.75 Å². The molecular formula is C17H20N2O. The fraction of sp³-hybridized carbons (Fsp3) is 0.353. The Labute approximate surface area is 120 Å². The van der Waals surface area contributed by atoms with E-state index in [1.54, 1.807) is 0 Å². The zero-order chi connectivity index (χ0) is 13.8. The van der Waals surface area contributed by atoms with Crippen molar-refractivity contribution in [2.45, 2.75) is 25.3 Å².